The quantitative estimate of drug-likeness (QED) is 0.581. The summed E-state index contributed by atoms with van der Waals surface area (Å²) in [6.07, 6.45) is 3.88. The van der Waals surface area contributed by atoms with Gasteiger partial charge in [0.25, 0.3) is 0 Å². The zero-order valence-electron chi connectivity index (χ0n) is 11.0. The molecule has 0 radical (unpaired) electrons. The molecule has 0 N–H and O–H groups in total. The van der Waals surface area contributed by atoms with Crippen LogP contribution in [0.25, 0.3) is 0 Å². The van der Waals surface area contributed by atoms with Crippen molar-refractivity contribution in [3.05, 3.63) is 59.7 Å². The Kier molecular flexibility index (Phi) is 19.7. The molecule has 0 aliphatic carbocycles. The summed E-state index contributed by atoms with van der Waals surface area (Å²) in [6.45, 7) is 4.42. The van der Waals surface area contributed by atoms with E-state index in [2.05, 4.69) is 32.0 Å². The third-order valence-electron chi connectivity index (χ3n) is 2.51. The maximum absolute atomic E-state index is 2.23. The molecule has 0 atom stereocenters. The summed E-state index contributed by atoms with van der Waals surface area (Å²) in [7, 11) is 0. The number of rotatable bonds is 3. The monoisotopic (exact) mass is 360 g/mol. The molecule has 0 amide bonds. The molecule has 0 aromatic heterocycles. The second-order valence-electron chi connectivity index (χ2n) is 3.80. The van der Waals surface area contributed by atoms with Gasteiger partial charge in [-0.2, -0.15) is 35.4 Å². The zero-order valence-corrected chi connectivity index (χ0v) is 15.0. The Morgan fingerprint density at radius 2 is 1.72 bits per heavy atom. The molecule has 2 aromatic rings. The standard InChI is InChI=1S/C10H15.C5H5.2ClH.Zr/c1-3-4-7-10-8-5-6-9(10)2;1-2-4-5-3-1;;;/h5-6,8H,3-4,7H2,1-2H3;1-5H;2*1H;/q2*-1;;;+4/p-2. The van der Waals surface area contributed by atoms with Crippen molar-refractivity contribution < 1.29 is 51.0 Å². The average molecular weight is 362 g/mol. The first-order valence-corrected chi connectivity index (χ1v) is 5.72. The van der Waals surface area contributed by atoms with Gasteiger partial charge in [0.15, 0.2) is 0 Å². The Labute approximate surface area is 143 Å². The SMILES string of the molecule is CCCCc1ccc[c-]1C.[Cl-].[Cl-].[Zr+4].c1cc[cH-]c1. The van der Waals surface area contributed by atoms with Crippen molar-refractivity contribution in [1.82, 2.24) is 0 Å². The van der Waals surface area contributed by atoms with Crippen LogP contribution in [0.2, 0.25) is 0 Å². The van der Waals surface area contributed by atoms with Crippen molar-refractivity contribution in [2.24, 2.45) is 0 Å². The van der Waals surface area contributed by atoms with Crippen LogP contribution < -0.4 is 24.8 Å². The first-order valence-electron chi connectivity index (χ1n) is 5.72. The van der Waals surface area contributed by atoms with Crippen LogP contribution in [-0.2, 0) is 32.6 Å². The van der Waals surface area contributed by atoms with Crippen LogP contribution in [0.4, 0.5) is 0 Å². The van der Waals surface area contributed by atoms with Gasteiger partial charge in [-0.3, -0.25) is 0 Å². The number of halogens is 2. The molecule has 0 fully saturated rings. The molecule has 2 aromatic carbocycles. The van der Waals surface area contributed by atoms with Crippen molar-refractivity contribution in [2.45, 2.75) is 33.1 Å². The van der Waals surface area contributed by atoms with Gasteiger partial charge in [0.05, 0.1) is 0 Å². The summed E-state index contributed by atoms with van der Waals surface area (Å²) in [5.74, 6) is 0. The molecular weight excluding hydrogens is 342 g/mol. The Morgan fingerprint density at radius 3 is 2.06 bits per heavy atom. The van der Waals surface area contributed by atoms with Crippen molar-refractivity contribution in [3.8, 4) is 0 Å². The van der Waals surface area contributed by atoms with Gasteiger partial charge in [0.2, 0.25) is 0 Å². The van der Waals surface area contributed by atoms with Crippen LogP contribution in [-0.4, -0.2) is 0 Å². The number of aryl methyl sites for hydroxylation is 2. The molecule has 0 aliphatic rings. The summed E-state index contributed by atoms with van der Waals surface area (Å²) in [5, 5.41) is 0. The van der Waals surface area contributed by atoms with E-state index in [0.717, 1.165) is 0 Å². The normalized spacial score (nSPS) is 7.89. The van der Waals surface area contributed by atoms with E-state index in [9.17, 15) is 0 Å². The van der Waals surface area contributed by atoms with Gasteiger partial charge in [0.1, 0.15) is 0 Å². The minimum absolute atomic E-state index is 0. The molecule has 0 nitrogen and oxygen atoms in total. The average Bonchev–Trinajstić information content (AvgIpc) is 2.89. The second kappa shape index (κ2) is 15.2. The van der Waals surface area contributed by atoms with Gasteiger partial charge in [-0.25, -0.2) is 24.3 Å². The molecule has 98 valence electrons. The van der Waals surface area contributed by atoms with E-state index in [-0.39, 0.29) is 51.0 Å². The molecule has 0 aliphatic heterocycles. The van der Waals surface area contributed by atoms with Gasteiger partial charge in [-0.1, -0.05) is 33.1 Å². The van der Waals surface area contributed by atoms with Gasteiger partial charge < -0.3 is 24.8 Å². The van der Waals surface area contributed by atoms with Crippen LogP contribution in [0.15, 0.2) is 48.5 Å². The minimum atomic E-state index is 0. The predicted octanol–water partition coefficient (Wildman–Crippen LogP) is -1.53. The van der Waals surface area contributed by atoms with Crippen LogP contribution >= 0.6 is 0 Å². The summed E-state index contributed by atoms with van der Waals surface area (Å²) in [4.78, 5) is 0. The molecule has 0 saturated carbocycles. The van der Waals surface area contributed by atoms with Crippen LogP contribution in [0.3, 0.4) is 0 Å². The second-order valence-corrected chi connectivity index (χ2v) is 3.80. The molecular formula is C15H20Cl2Zr. The Bertz CT molecular complexity index is 322. The Hall–Kier alpha value is 0.163. The third-order valence-corrected chi connectivity index (χ3v) is 2.51. The smallest absolute Gasteiger partial charge is 1.00 e. The van der Waals surface area contributed by atoms with Crippen molar-refractivity contribution in [3.63, 3.8) is 0 Å². The van der Waals surface area contributed by atoms with Crippen molar-refractivity contribution in [2.75, 3.05) is 0 Å². The van der Waals surface area contributed by atoms with Crippen LogP contribution in [0, 0.1) is 6.92 Å². The maximum atomic E-state index is 2.23. The van der Waals surface area contributed by atoms with E-state index in [4.69, 9.17) is 0 Å². The fourth-order valence-corrected chi connectivity index (χ4v) is 1.52. The number of hydrogen-bond acceptors (Lipinski definition) is 0. The fourth-order valence-electron chi connectivity index (χ4n) is 1.52. The Balaban J connectivity index is -0.000000245. The van der Waals surface area contributed by atoms with Crippen LogP contribution in [0.5, 0.6) is 0 Å². The molecule has 0 bridgehead atoms. The van der Waals surface area contributed by atoms with E-state index in [1.807, 2.05) is 30.3 Å². The first-order chi connectivity index (χ1) is 7.34. The fraction of sp³-hybridized carbons (Fsp3) is 0.333. The molecule has 0 saturated heterocycles. The topological polar surface area (TPSA) is 0 Å². The first kappa shape index (κ1) is 23.3. The maximum Gasteiger partial charge on any atom is 4.00 e. The molecule has 0 unspecified atom stereocenters. The summed E-state index contributed by atoms with van der Waals surface area (Å²) >= 11 is 0. The molecule has 0 heterocycles. The minimum Gasteiger partial charge on any atom is -1.00 e. The Morgan fingerprint density at radius 1 is 1.11 bits per heavy atom. The van der Waals surface area contributed by atoms with E-state index in [0.29, 0.717) is 0 Å². The van der Waals surface area contributed by atoms with Gasteiger partial charge in [-0.05, 0) is 0 Å². The third kappa shape index (κ3) is 10.1. The van der Waals surface area contributed by atoms with Gasteiger partial charge in [-0.15, -0.1) is 0 Å². The van der Waals surface area contributed by atoms with Crippen LogP contribution in [0.1, 0.15) is 30.9 Å². The van der Waals surface area contributed by atoms with Crippen molar-refractivity contribution in [1.29, 1.82) is 0 Å². The molecule has 3 heteroatoms. The molecule has 2 rings (SSSR count). The number of unbranched alkanes of at least 4 members (excludes halogenated alkanes) is 1. The van der Waals surface area contributed by atoms with E-state index in [1.165, 1.54) is 30.4 Å². The van der Waals surface area contributed by atoms with Crippen molar-refractivity contribution >= 4 is 0 Å². The summed E-state index contributed by atoms with van der Waals surface area (Å²) in [5.41, 5.74) is 2.98. The van der Waals surface area contributed by atoms with E-state index in [1.54, 1.807) is 0 Å². The summed E-state index contributed by atoms with van der Waals surface area (Å²) in [6, 6.07) is 16.6. The zero-order chi connectivity index (χ0) is 10.9. The summed E-state index contributed by atoms with van der Waals surface area (Å²) < 4.78 is 0. The predicted molar refractivity (Wildman–Crippen MR) is 67.4 cm³/mol. The van der Waals surface area contributed by atoms with Gasteiger partial charge in [0, 0.05) is 0 Å². The van der Waals surface area contributed by atoms with E-state index < -0.39 is 0 Å². The largest absolute Gasteiger partial charge is 4.00 e. The molecule has 0 spiro atoms. The number of hydrogen-bond donors (Lipinski definition) is 0. The molecule has 18 heavy (non-hydrogen) atoms. The van der Waals surface area contributed by atoms with E-state index >= 15 is 0 Å². The van der Waals surface area contributed by atoms with Gasteiger partial charge >= 0.3 is 26.2 Å².